The van der Waals surface area contributed by atoms with Crippen molar-refractivity contribution in [3.63, 3.8) is 0 Å². The molecule has 14 aromatic rings. The van der Waals surface area contributed by atoms with Gasteiger partial charge in [0, 0.05) is 83.7 Å². The Hall–Kier alpha value is -11.6. The molecular formula is C84H55B2F2N5S. The van der Waals surface area contributed by atoms with E-state index in [9.17, 15) is 0 Å². The molecule has 442 valence electrons. The molecule has 94 heavy (non-hydrogen) atoms. The molecule has 18 rings (SSSR count). The van der Waals surface area contributed by atoms with Crippen LogP contribution in [-0.4, -0.2) is 13.4 Å². The van der Waals surface area contributed by atoms with E-state index in [1.807, 2.05) is 47.4 Å². The third-order valence-electron chi connectivity index (χ3n) is 18.9. The highest BCUT2D eigenvalue weighted by molar-refractivity contribution is 8.00. The molecule has 0 aliphatic carbocycles. The molecule has 0 saturated carbocycles. The number of fused-ring (bicyclic) bond motifs is 8. The Bertz CT molecular complexity index is 5190. The molecule has 0 radical (unpaired) electrons. The predicted molar refractivity (Wildman–Crippen MR) is 391 cm³/mol. The van der Waals surface area contributed by atoms with Gasteiger partial charge in [0.2, 0.25) is 6.71 Å². The van der Waals surface area contributed by atoms with Crippen LogP contribution < -0.4 is 57.3 Å². The summed E-state index contributed by atoms with van der Waals surface area (Å²) in [6.45, 7) is -0.617. The van der Waals surface area contributed by atoms with Crippen LogP contribution in [0.4, 0.5) is 94.1 Å². The first-order valence-corrected chi connectivity index (χ1v) is 32.7. The summed E-state index contributed by atoms with van der Waals surface area (Å²) in [5.41, 5.74) is 24.0. The van der Waals surface area contributed by atoms with Crippen LogP contribution in [-0.2, 0) is 0 Å². The molecular weight excluding hydrogens is 1170 g/mol. The van der Waals surface area contributed by atoms with Crippen molar-refractivity contribution in [3.8, 4) is 22.3 Å². The van der Waals surface area contributed by atoms with Crippen molar-refractivity contribution in [2.24, 2.45) is 0 Å². The van der Waals surface area contributed by atoms with Crippen LogP contribution in [0.5, 0.6) is 0 Å². The lowest BCUT2D eigenvalue weighted by Crippen LogP contribution is -2.64. The molecule has 0 fully saturated rings. The van der Waals surface area contributed by atoms with E-state index in [-0.39, 0.29) is 19.1 Å². The molecule has 0 unspecified atom stereocenters. The van der Waals surface area contributed by atoms with Gasteiger partial charge in [-0.2, -0.15) is 0 Å². The SMILES string of the molecule is Fc1cccc(F)c1N1c2cc3c(cc2B2c4ccccc4N(c4ccccc4)c4cc(N(c5ccccc5)c5ccccc5)cc1c42)B1c2ccccc2N(c2ccccc2)c2cc(N(c4ccc(-c5ccccc5)cc4)c4cccc(-c5ccccc5)c4)cc(c21)S3. The standard InChI is InChI=1S/C84H55B2F2N5S/c87-72-41-24-42-73(88)84(72)93-76-55-80-71(54-70(76)85-68-39-19-21-43-74(68)91(62-34-15-5-16-35-62)77-50-66(51-78(93)82(77)85)89(60-30-11-3-12-31-60)61-32-13-4-14-33-61)86-69-40-20-22-44-75(69)92(63-36-17-6-18-37-63)79-52-67(53-81(94-80)83(79)86)90(64-47-45-58(46-48-64)56-25-7-1-8-26-56)65-38-23-29-59(49-65)57-27-9-2-10-28-57/h1-55H. The van der Waals surface area contributed by atoms with Crippen molar-refractivity contribution in [1.82, 2.24) is 0 Å². The highest BCUT2D eigenvalue weighted by Crippen LogP contribution is 2.52. The van der Waals surface area contributed by atoms with Crippen molar-refractivity contribution in [1.29, 1.82) is 0 Å². The van der Waals surface area contributed by atoms with Gasteiger partial charge < -0.3 is 24.5 Å². The maximum atomic E-state index is 17.6. The molecule has 4 aliphatic rings. The van der Waals surface area contributed by atoms with Crippen LogP contribution in [0.1, 0.15) is 0 Å². The lowest BCUT2D eigenvalue weighted by atomic mass is 9.31. The Balaban J connectivity index is 0.906. The van der Waals surface area contributed by atoms with Gasteiger partial charge in [0.1, 0.15) is 17.3 Å². The smallest absolute Gasteiger partial charge is 0.252 e. The quantitative estimate of drug-likeness (QED) is 0.119. The van der Waals surface area contributed by atoms with Crippen LogP contribution in [0.15, 0.2) is 343 Å². The highest BCUT2D eigenvalue weighted by Gasteiger charge is 2.48. The average molecular weight is 1230 g/mol. The van der Waals surface area contributed by atoms with Crippen molar-refractivity contribution >= 4 is 143 Å². The van der Waals surface area contributed by atoms with Gasteiger partial charge in [-0.05, 0) is 177 Å². The maximum absolute atomic E-state index is 17.6. The lowest BCUT2D eigenvalue weighted by Gasteiger charge is -2.46. The Kier molecular flexibility index (Phi) is 13.3. The largest absolute Gasteiger partial charge is 0.311 e. The minimum atomic E-state index is -0.664. The van der Waals surface area contributed by atoms with Crippen LogP contribution in [0.25, 0.3) is 22.3 Å². The number of hydrogen-bond acceptors (Lipinski definition) is 6. The van der Waals surface area contributed by atoms with Gasteiger partial charge in [-0.25, -0.2) is 8.78 Å². The van der Waals surface area contributed by atoms with Gasteiger partial charge in [0.25, 0.3) is 6.71 Å². The summed E-state index contributed by atoms with van der Waals surface area (Å²) in [6.07, 6.45) is 0. The van der Waals surface area contributed by atoms with Crippen molar-refractivity contribution in [2.45, 2.75) is 9.79 Å². The van der Waals surface area contributed by atoms with Crippen molar-refractivity contribution in [3.05, 3.63) is 345 Å². The molecule has 0 atom stereocenters. The highest BCUT2D eigenvalue weighted by atomic mass is 32.2. The summed E-state index contributed by atoms with van der Waals surface area (Å²) >= 11 is 1.73. The van der Waals surface area contributed by atoms with E-state index < -0.39 is 11.6 Å². The third-order valence-corrected chi connectivity index (χ3v) is 20.1. The summed E-state index contributed by atoms with van der Waals surface area (Å²) in [4.78, 5) is 13.4. The van der Waals surface area contributed by atoms with E-state index in [1.54, 1.807) is 11.8 Å². The van der Waals surface area contributed by atoms with Crippen LogP contribution >= 0.6 is 11.8 Å². The molecule has 0 spiro atoms. The molecule has 10 heteroatoms. The molecule has 0 bridgehead atoms. The van der Waals surface area contributed by atoms with Gasteiger partial charge >= 0.3 is 0 Å². The zero-order valence-electron chi connectivity index (χ0n) is 50.8. The second kappa shape index (κ2) is 22.7. The first-order chi connectivity index (χ1) is 46.5. The van der Waals surface area contributed by atoms with Gasteiger partial charge in [0.05, 0.1) is 5.69 Å². The fourth-order valence-electron chi connectivity index (χ4n) is 15.0. The monoisotopic (exact) mass is 1230 g/mol. The van der Waals surface area contributed by atoms with E-state index in [4.69, 9.17) is 0 Å². The van der Waals surface area contributed by atoms with Crippen LogP contribution in [0, 0.1) is 11.6 Å². The van der Waals surface area contributed by atoms with Crippen LogP contribution in [0.3, 0.4) is 0 Å². The van der Waals surface area contributed by atoms with E-state index in [0.717, 1.165) is 128 Å². The average Bonchev–Trinajstić information content (AvgIpc) is 0.691. The molecule has 0 amide bonds. The minimum absolute atomic E-state index is 0.142. The molecule has 0 N–H and O–H groups in total. The Morgan fingerprint density at radius 3 is 1.24 bits per heavy atom. The van der Waals surface area contributed by atoms with Gasteiger partial charge in [-0.1, -0.05) is 223 Å². The Morgan fingerprint density at radius 1 is 0.255 bits per heavy atom. The number of halogens is 2. The number of anilines is 15. The summed E-state index contributed by atoms with van der Waals surface area (Å²) in [5, 5.41) is 0. The minimum Gasteiger partial charge on any atom is -0.311 e. The van der Waals surface area contributed by atoms with Gasteiger partial charge in [0.15, 0.2) is 0 Å². The van der Waals surface area contributed by atoms with E-state index in [1.165, 1.54) is 23.7 Å². The number of para-hydroxylation sites is 7. The fraction of sp³-hybridized carbons (Fsp3) is 0. The lowest BCUT2D eigenvalue weighted by molar-refractivity contribution is 0.586. The van der Waals surface area contributed by atoms with Gasteiger partial charge in [-0.15, -0.1) is 0 Å². The van der Waals surface area contributed by atoms with E-state index >= 15 is 8.78 Å². The molecule has 4 aliphatic heterocycles. The number of hydrogen-bond donors (Lipinski definition) is 0. The first-order valence-electron chi connectivity index (χ1n) is 31.8. The summed E-state index contributed by atoms with van der Waals surface area (Å²) in [7, 11) is 0. The summed E-state index contributed by atoms with van der Waals surface area (Å²) < 4.78 is 35.3. The Labute approximate surface area is 550 Å². The summed E-state index contributed by atoms with van der Waals surface area (Å²) in [6, 6.07) is 116. The first kappa shape index (κ1) is 55.3. The second-order valence-corrected chi connectivity index (χ2v) is 25.3. The summed E-state index contributed by atoms with van der Waals surface area (Å²) in [5.74, 6) is -1.33. The molecule has 5 nitrogen and oxygen atoms in total. The van der Waals surface area contributed by atoms with E-state index in [2.05, 4.69) is 293 Å². The Morgan fingerprint density at radius 2 is 0.670 bits per heavy atom. The van der Waals surface area contributed by atoms with Gasteiger partial charge in [-0.3, -0.25) is 0 Å². The fourth-order valence-corrected chi connectivity index (χ4v) is 16.2. The second-order valence-electron chi connectivity index (χ2n) is 24.2. The predicted octanol–water partition coefficient (Wildman–Crippen LogP) is 19.1. The maximum Gasteiger partial charge on any atom is 0.252 e. The number of benzene rings is 14. The van der Waals surface area contributed by atoms with Crippen LogP contribution in [0.2, 0.25) is 0 Å². The molecule has 0 aromatic heterocycles. The molecule has 14 aromatic carbocycles. The third kappa shape index (κ3) is 9.08. The normalized spacial score (nSPS) is 12.9. The topological polar surface area (TPSA) is 16.2 Å². The zero-order valence-corrected chi connectivity index (χ0v) is 51.6. The zero-order chi connectivity index (χ0) is 62.4. The number of nitrogens with zero attached hydrogens (tertiary/aromatic N) is 5. The molecule has 4 heterocycles. The van der Waals surface area contributed by atoms with Crippen molar-refractivity contribution in [2.75, 3.05) is 24.5 Å². The number of rotatable bonds is 11. The van der Waals surface area contributed by atoms with E-state index in [0.29, 0.717) is 11.4 Å². The molecule has 0 saturated heterocycles. The van der Waals surface area contributed by atoms with Crippen molar-refractivity contribution < 1.29 is 8.78 Å².